The summed E-state index contributed by atoms with van der Waals surface area (Å²) in [6.45, 7) is 1.94. The van der Waals surface area contributed by atoms with Gasteiger partial charge in [-0.25, -0.2) is 0 Å². The first-order chi connectivity index (χ1) is 6.86. The Labute approximate surface area is 87.4 Å². The predicted octanol–water partition coefficient (Wildman–Crippen LogP) is 1.27. The van der Waals surface area contributed by atoms with E-state index in [0.717, 1.165) is 25.6 Å². The van der Waals surface area contributed by atoms with Crippen molar-refractivity contribution in [2.24, 2.45) is 5.73 Å². The lowest BCUT2D eigenvalue weighted by atomic mass is 9.93. The summed E-state index contributed by atoms with van der Waals surface area (Å²) in [7, 11) is 1.82. The lowest BCUT2D eigenvalue weighted by Gasteiger charge is -2.28. The molecule has 1 saturated carbocycles. The first kappa shape index (κ1) is 12.0. The smallest absolute Gasteiger partial charge is 0.0572 e. The van der Waals surface area contributed by atoms with E-state index in [9.17, 15) is 0 Å². The summed E-state index contributed by atoms with van der Waals surface area (Å²) < 4.78 is 5.34. The lowest BCUT2D eigenvalue weighted by molar-refractivity contribution is 0.0626. The Morgan fingerprint density at radius 2 is 1.93 bits per heavy atom. The fourth-order valence-corrected chi connectivity index (χ4v) is 2.08. The highest BCUT2D eigenvalue weighted by molar-refractivity contribution is 4.77. The van der Waals surface area contributed by atoms with Crippen LogP contribution in [0, 0.1) is 0 Å². The van der Waals surface area contributed by atoms with Crippen LogP contribution in [0.15, 0.2) is 0 Å². The van der Waals surface area contributed by atoms with Gasteiger partial charge in [0.15, 0.2) is 0 Å². The van der Waals surface area contributed by atoms with Gasteiger partial charge in [-0.1, -0.05) is 0 Å². The van der Waals surface area contributed by atoms with Gasteiger partial charge in [0.05, 0.1) is 6.10 Å². The predicted molar refractivity (Wildman–Crippen MR) is 59.3 cm³/mol. The molecule has 1 aliphatic carbocycles. The number of methoxy groups -OCH3 is 1. The topological polar surface area (TPSA) is 47.3 Å². The lowest BCUT2D eigenvalue weighted by Crippen LogP contribution is -2.35. The normalized spacial score (nSPS) is 27.9. The second-order valence-electron chi connectivity index (χ2n) is 4.16. The first-order valence-electron chi connectivity index (χ1n) is 5.83. The summed E-state index contributed by atoms with van der Waals surface area (Å²) in [5.41, 5.74) is 5.44. The number of rotatable bonds is 6. The Hall–Kier alpha value is -0.120. The molecular weight excluding hydrogens is 176 g/mol. The molecule has 0 atom stereocenters. The average molecular weight is 200 g/mol. The summed E-state index contributed by atoms with van der Waals surface area (Å²) in [5.74, 6) is 0. The molecule has 14 heavy (non-hydrogen) atoms. The van der Waals surface area contributed by atoms with Gasteiger partial charge in [0.2, 0.25) is 0 Å². The summed E-state index contributed by atoms with van der Waals surface area (Å²) >= 11 is 0. The van der Waals surface area contributed by atoms with E-state index in [1.54, 1.807) is 0 Å². The Kier molecular flexibility index (Phi) is 6.15. The number of unbranched alkanes of at least 4 members (excludes halogenated alkanes) is 1. The van der Waals surface area contributed by atoms with Crippen molar-refractivity contribution < 1.29 is 4.74 Å². The molecule has 3 nitrogen and oxygen atoms in total. The van der Waals surface area contributed by atoms with E-state index in [0.29, 0.717) is 6.10 Å². The van der Waals surface area contributed by atoms with Gasteiger partial charge in [0.25, 0.3) is 0 Å². The van der Waals surface area contributed by atoms with Gasteiger partial charge >= 0.3 is 0 Å². The highest BCUT2D eigenvalue weighted by Crippen LogP contribution is 2.20. The zero-order valence-corrected chi connectivity index (χ0v) is 9.30. The van der Waals surface area contributed by atoms with Crippen LogP contribution in [-0.4, -0.2) is 32.3 Å². The molecule has 0 saturated heterocycles. The van der Waals surface area contributed by atoms with Gasteiger partial charge in [-0.3, -0.25) is 0 Å². The molecule has 3 N–H and O–H groups in total. The van der Waals surface area contributed by atoms with Crippen LogP contribution in [0.2, 0.25) is 0 Å². The van der Waals surface area contributed by atoms with Crippen LogP contribution in [0.5, 0.6) is 0 Å². The van der Waals surface area contributed by atoms with Crippen molar-refractivity contribution in [1.82, 2.24) is 5.32 Å². The third-order valence-electron chi connectivity index (χ3n) is 3.07. The largest absolute Gasteiger partial charge is 0.381 e. The third kappa shape index (κ3) is 4.40. The number of hydrogen-bond donors (Lipinski definition) is 2. The van der Waals surface area contributed by atoms with Crippen molar-refractivity contribution in [3.05, 3.63) is 0 Å². The maximum Gasteiger partial charge on any atom is 0.0572 e. The van der Waals surface area contributed by atoms with E-state index in [-0.39, 0.29) is 0 Å². The Bertz CT molecular complexity index is 133. The number of nitrogens with one attached hydrogen (secondary N) is 1. The van der Waals surface area contributed by atoms with E-state index in [1.807, 2.05) is 7.11 Å². The van der Waals surface area contributed by atoms with E-state index in [2.05, 4.69) is 5.32 Å². The zero-order valence-electron chi connectivity index (χ0n) is 9.30. The summed E-state index contributed by atoms with van der Waals surface area (Å²) in [5, 5.41) is 3.59. The van der Waals surface area contributed by atoms with Crippen LogP contribution in [-0.2, 0) is 4.74 Å². The minimum absolute atomic E-state index is 0.511. The van der Waals surface area contributed by atoms with Gasteiger partial charge in [-0.15, -0.1) is 0 Å². The van der Waals surface area contributed by atoms with Gasteiger partial charge < -0.3 is 15.8 Å². The zero-order chi connectivity index (χ0) is 10.2. The quantitative estimate of drug-likeness (QED) is 0.635. The minimum Gasteiger partial charge on any atom is -0.381 e. The van der Waals surface area contributed by atoms with Crippen molar-refractivity contribution in [3.8, 4) is 0 Å². The molecule has 0 aliphatic heterocycles. The molecule has 0 aromatic rings. The van der Waals surface area contributed by atoms with E-state index >= 15 is 0 Å². The fraction of sp³-hybridized carbons (Fsp3) is 1.00. The molecule has 1 aliphatic rings. The van der Waals surface area contributed by atoms with Crippen LogP contribution in [0.1, 0.15) is 38.5 Å². The number of nitrogens with two attached hydrogens (primary N) is 1. The highest BCUT2D eigenvalue weighted by Gasteiger charge is 2.19. The Morgan fingerprint density at radius 1 is 1.21 bits per heavy atom. The minimum atomic E-state index is 0.511. The Balaban J connectivity index is 1.98. The highest BCUT2D eigenvalue weighted by atomic mass is 16.5. The van der Waals surface area contributed by atoms with Crippen LogP contribution in [0.4, 0.5) is 0 Å². The molecule has 0 aromatic carbocycles. The van der Waals surface area contributed by atoms with Gasteiger partial charge in [-0.05, 0) is 51.6 Å². The van der Waals surface area contributed by atoms with Gasteiger partial charge in [0.1, 0.15) is 0 Å². The molecule has 84 valence electrons. The monoisotopic (exact) mass is 200 g/mol. The molecule has 0 heterocycles. The molecule has 1 rings (SSSR count). The van der Waals surface area contributed by atoms with Crippen molar-refractivity contribution in [2.45, 2.75) is 50.7 Å². The first-order valence-corrected chi connectivity index (χ1v) is 5.83. The van der Waals surface area contributed by atoms with Gasteiger partial charge in [-0.2, -0.15) is 0 Å². The molecule has 0 spiro atoms. The standard InChI is InChI=1S/C11H24N2O/c1-14-11-6-4-10(5-7-11)13-9-3-2-8-12/h10-11,13H,2-9,12H2,1H3. The molecule has 0 amide bonds. The fourth-order valence-electron chi connectivity index (χ4n) is 2.08. The molecular formula is C11H24N2O. The third-order valence-corrected chi connectivity index (χ3v) is 3.07. The van der Waals surface area contributed by atoms with Crippen LogP contribution < -0.4 is 11.1 Å². The van der Waals surface area contributed by atoms with Crippen molar-refractivity contribution in [2.75, 3.05) is 20.2 Å². The van der Waals surface area contributed by atoms with Crippen molar-refractivity contribution in [1.29, 1.82) is 0 Å². The second-order valence-corrected chi connectivity index (χ2v) is 4.16. The van der Waals surface area contributed by atoms with E-state index in [4.69, 9.17) is 10.5 Å². The second kappa shape index (κ2) is 7.21. The SMILES string of the molecule is COC1CCC(NCCCCN)CC1. The van der Waals surface area contributed by atoms with E-state index < -0.39 is 0 Å². The van der Waals surface area contributed by atoms with Gasteiger partial charge in [0, 0.05) is 13.2 Å². The summed E-state index contributed by atoms with van der Waals surface area (Å²) in [4.78, 5) is 0. The summed E-state index contributed by atoms with van der Waals surface area (Å²) in [6.07, 6.45) is 7.82. The molecule has 0 aromatic heterocycles. The van der Waals surface area contributed by atoms with Crippen LogP contribution in [0.25, 0.3) is 0 Å². The maximum atomic E-state index is 5.44. The van der Waals surface area contributed by atoms with Crippen LogP contribution >= 0.6 is 0 Å². The van der Waals surface area contributed by atoms with Crippen molar-refractivity contribution >= 4 is 0 Å². The molecule has 1 fully saturated rings. The Morgan fingerprint density at radius 3 is 2.50 bits per heavy atom. The molecule has 3 heteroatoms. The number of ether oxygens (including phenoxy) is 1. The molecule has 0 radical (unpaired) electrons. The molecule has 0 unspecified atom stereocenters. The van der Waals surface area contributed by atoms with E-state index in [1.165, 1.54) is 32.1 Å². The number of hydrogen-bond acceptors (Lipinski definition) is 3. The maximum absolute atomic E-state index is 5.44. The summed E-state index contributed by atoms with van der Waals surface area (Å²) in [6, 6.07) is 0.721. The van der Waals surface area contributed by atoms with Crippen LogP contribution in [0.3, 0.4) is 0 Å². The molecule has 0 bridgehead atoms. The average Bonchev–Trinajstić information content (AvgIpc) is 2.25. The van der Waals surface area contributed by atoms with Crippen molar-refractivity contribution in [3.63, 3.8) is 0 Å².